The van der Waals surface area contributed by atoms with E-state index in [2.05, 4.69) is 10.3 Å². The van der Waals surface area contributed by atoms with Gasteiger partial charge in [0.2, 0.25) is 10.0 Å². The van der Waals surface area contributed by atoms with Crippen LogP contribution in [0.3, 0.4) is 0 Å². The molecule has 6 nitrogen and oxygen atoms in total. The summed E-state index contributed by atoms with van der Waals surface area (Å²) in [4.78, 5) is 17.2. The molecule has 0 saturated heterocycles. The minimum Gasteiger partial charge on any atom is -0.298 e. The molecule has 2 aromatic carbocycles. The van der Waals surface area contributed by atoms with Gasteiger partial charge in [-0.15, -0.1) is 0 Å². The highest BCUT2D eigenvalue weighted by molar-refractivity contribution is 7.89. The third-order valence-corrected chi connectivity index (χ3v) is 7.05. The number of thiazole rings is 1. The first-order chi connectivity index (χ1) is 12.2. The first-order valence-electron chi connectivity index (χ1n) is 7.91. The van der Waals surface area contributed by atoms with Crippen LogP contribution in [0.2, 0.25) is 0 Å². The van der Waals surface area contributed by atoms with Crippen molar-refractivity contribution in [1.82, 2.24) is 9.29 Å². The van der Waals surface area contributed by atoms with Gasteiger partial charge in [-0.3, -0.25) is 10.1 Å². The number of amides is 1. The summed E-state index contributed by atoms with van der Waals surface area (Å²) < 4.78 is 27.2. The minimum absolute atomic E-state index is 0.136. The second-order valence-electron chi connectivity index (χ2n) is 6.14. The molecule has 0 fully saturated rings. The summed E-state index contributed by atoms with van der Waals surface area (Å²) in [5.74, 6) is -0.387. The van der Waals surface area contributed by atoms with Gasteiger partial charge in [0.1, 0.15) is 0 Å². The third kappa shape index (κ3) is 3.35. The minimum atomic E-state index is -3.64. The summed E-state index contributed by atoms with van der Waals surface area (Å²) >= 11 is 1.37. The third-order valence-electron chi connectivity index (χ3n) is 4.15. The molecule has 1 amide bonds. The predicted octanol–water partition coefficient (Wildman–Crippen LogP) is 3.42. The number of carbonyl (C=O) groups is 1. The number of sulfonamides is 1. The molecule has 136 valence electrons. The molecule has 8 heteroatoms. The summed E-state index contributed by atoms with van der Waals surface area (Å²) in [7, 11) is -0.699. The van der Waals surface area contributed by atoms with Gasteiger partial charge in [-0.25, -0.2) is 17.7 Å². The molecule has 0 saturated carbocycles. The van der Waals surface area contributed by atoms with E-state index in [4.69, 9.17) is 0 Å². The van der Waals surface area contributed by atoms with Crippen molar-refractivity contribution in [3.63, 3.8) is 0 Å². The van der Waals surface area contributed by atoms with Gasteiger partial charge in [-0.05, 0) is 49.2 Å². The average Bonchev–Trinajstić information content (AvgIpc) is 2.98. The molecule has 0 bridgehead atoms. The number of anilines is 1. The van der Waals surface area contributed by atoms with Crippen LogP contribution in [0, 0.1) is 13.8 Å². The maximum Gasteiger partial charge on any atom is 0.257 e. The fourth-order valence-corrected chi connectivity index (χ4v) is 4.60. The normalized spacial score (nSPS) is 11.9. The maximum atomic E-state index is 12.7. The zero-order chi connectivity index (χ0) is 19.1. The second kappa shape index (κ2) is 6.79. The second-order valence-corrected chi connectivity index (χ2v) is 9.30. The first-order valence-corrected chi connectivity index (χ1v) is 10.2. The van der Waals surface area contributed by atoms with Crippen LogP contribution in [0.1, 0.15) is 21.5 Å². The van der Waals surface area contributed by atoms with E-state index in [-0.39, 0.29) is 16.4 Å². The van der Waals surface area contributed by atoms with Crippen molar-refractivity contribution in [1.29, 1.82) is 0 Å². The van der Waals surface area contributed by atoms with Gasteiger partial charge < -0.3 is 0 Å². The number of carbonyl (C=O) groups excluding carboxylic acids is 1. The van der Waals surface area contributed by atoms with Crippen molar-refractivity contribution < 1.29 is 13.2 Å². The van der Waals surface area contributed by atoms with Crippen molar-refractivity contribution in [3.8, 4) is 0 Å². The molecule has 3 rings (SSSR count). The molecule has 0 unspecified atom stereocenters. The number of fused-ring (bicyclic) bond motifs is 1. The van der Waals surface area contributed by atoms with Crippen molar-refractivity contribution >= 4 is 42.6 Å². The Bertz CT molecular complexity index is 1070. The number of hydrogen-bond donors (Lipinski definition) is 1. The smallest absolute Gasteiger partial charge is 0.257 e. The Morgan fingerprint density at radius 3 is 2.50 bits per heavy atom. The van der Waals surface area contributed by atoms with E-state index in [0.717, 1.165) is 20.1 Å². The van der Waals surface area contributed by atoms with Gasteiger partial charge in [0.05, 0.1) is 15.1 Å². The molecule has 3 aromatic rings. The maximum absolute atomic E-state index is 12.7. The highest BCUT2D eigenvalue weighted by Crippen LogP contribution is 2.27. The van der Waals surface area contributed by atoms with Crippen LogP contribution in [0.15, 0.2) is 41.3 Å². The lowest BCUT2D eigenvalue weighted by atomic mass is 10.1. The highest BCUT2D eigenvalue weighted by Gasteiger charge is 2.23. The molecule has 1 heterocycles. The Kier molecular flexibility index (Phi) is 4.83. The van der Waals surface area contributed by atoms with Crippen molar-refractivity contribution in [3.05, 3.63) is 53.1 Å². The summed E-state index contributed by atoms with van der Waals surface area (Å²) in [6.07, 6.45) is 0. The van der Waals surface area contributed by atoms with E-state index in [1.165, 1.54) is 31.5 Å². The molecular weight excluding hydrogens is 370 g/mol. The molecule has 0 spiro atoms. The predicted molar refractivity (Wildman–Crippen MR) is 104 cm³/mol. The number of nitrogens with one attached hydrogen (secondary N) is 1. The van der Waals surface area contributed by atoms with Crippen LogP contribution in [0.5, 0.6) is 0 Å². The topological polar surface area (TPSA) is 79.4 Å². The highest BCUT2D eigenvalue weighted by atomic mass is 32.2. The molecule has 0 aliphatic carbocycles. The Labute approximate surface area is 156 Å². The Morgan fingerprint density at radius 2 is 1.85 bits per heavy atom. The molecular formula is C18H19N3O3S2. The van der Waals surface area contributed by atoms with E-state index < -0.39 is 10.0 Å². The number of hydrogen-bond acceptors (Lipinski definition) is 5. The Hall–Kier alpha value is -2.29. The van der Waals surface area contributed by atoms with Crippen LogP contribution < -0.4 is 5.32 Å². The van der Waals surface area contributed by atoms with Crippen LogP contribution in [0.25, 0.3) is 10.2 Å². The molecule has 0 atom stereocenters. The summed E-state index contributed by atoms with van der Waals surface area (Å²) in [5, 5.41) is 3.24. The Morgan fingerprint density at radius 1 is 1.15 bits per heavy atom. The monoisotopic (exact) mass is 389 g/mol. The number of aromatic nitrogens is 1. The summed E-state index contributed by atoms with van der Waals surface area (Å²) in [5.41, 5.74) is 2.47. The van der Waals surface area contributed by atoms with Gasteiger partial charge in [0.15, 0.2) is 5.13 Å². The van der Waals surface area contributed by atoms with E-state index in [9.17, 15) is 13.2 Å². The number of para-hydroxylation sites is 1. The quantitative estimate of drug-likeness (QED) is 0.741. The fourth-order valence-electron chi connectivity index (χ4n) is 2.52. The molecule has 26 heavy (non-hydrogen) atoms. The van der Waals surface area contributed by atoms with Gasteiger partial charge in [-0.2, -0.15) is 0 Å². The van der Waals surface area contributed by atoms with Gasteiger partial charge >= 0.3 is 0 Å². The number of rotatable bonds is 4. The lowest BCUT2D eigenvalue weighted by molar-refractivity contribution is 0.102. The van der Waals surface area contributed by atoms with Gasteiger partial charge in [0, 0.05) is 19.7 Å². The SMILES string of the molecule is Cc1cc(C(=O)Nc2nc3ccccc3s2)cc(S(=O)(=O)N(C)C)c1C. The molecule has 0 aliphatic rings. The van der Waals surface area contributed by atoms with E-state index in [1.807, 2.05) is 24.3 Å². The van der Waals surface area contributed by atoms with Crippen LogP contribution in [-0.2, 0) is 10.0 Å². The molecule has 0 radical (unpaired) electrons. The average molecular weight is 390 g/mol. The van der Waals surface area contributed by atoms with Gasteiger partial charge in [0.25, 0.3) is 5.91 Å². The van der Waals surface area contributed by atoms with Crippen molar-refractivity contribution in [2.24, 2.45) is 0 Å². The van der Waals surface area contributed by atoms with Crippen molar-refractivity contribution in [2.75, 3.05) is 19.4 Å². The summed E-state index contributed by atoms with van der Waals surface area (Å²) in [6.45, 7) is 3.53. The first kappa shape index (κ1) is 18.5. The molecule has 0 aliphatic heterocycles. The molecule has 1 N–H and O–H groups in total. The molecule has 1 aromatic heterocycles. The van der Waals surface area contributed by atoms with Crippen molar-refractivity contribution in [2.45, 2.75) is 18.7 Å². The van der Waals surface area contributed by atoms with Crippen LogP contribution in [0.4, 0.5) is 5.13 Å². The Balaban J connectivity index is 1.98. The van der Waals surface area contributed by atoms with Crippen LogP contribution in [-0.4, -0.2) is 37.7 Å². The lowest BCUT2D eigenvalue weighted by Crippen LogP contribution is -2.24. The summed E-state index contributed by atoms with van der Waals surface area (Å²) in [6, 6.07) is 10.7. The zero-order valence-electron chi connectivity index (χ0n) is 14.9. The van der Waals surface area contributed by atoms with E-state index in [0.29, 0.717) is 10.7 Å². The zero-order valence-corrected chi connectivity index (χ0v) is 16.5. The van der Waals surface area contributed by atoms with Crippen LogP contribution >= 0.6 is 11.3 Å². The fraction of sp³-hybridized carbons (Fsp3) is 0.222. The standard InChI is InChI=1S/C18H19N3O3S2/c1-11-9-13(10-16(12(11)2)26(23,24)21(3)4)17(22)20-18-19-14-7-5-6-8-15(14)25-18/h5-10H,1-4H3,(H,19,20,22). The number of nitrogens with zero attached hydrogens (tertiary/aromatic N) is 2. The van der Waals surface area contributed by atoms with E-state index >= 15 is 0 Å². The van der Waals surface area contributed by atoms with Gasteiger partial charge in [-0.1, -0.05) is 23.5 Å². The van der Waals surface area contributed by atoms with E-state index in [1.54, 1.807) is 19.9 Å². The number of benzene rings is 2. The number of aryl methyl sites for hydroxylation is 1. The lowest BCUT2D eigenvalue weighted by Gasteiger charge is -2.16. The largest absolute Gasteiger partial charge is 0.298 e.